The molecule has 1 unspecified atom stereocenters. The summed E-state index contributed by atoms with van der Waals surface area (Å²) in [5.41, 5.74) is 0. The lowest BCUT2D eigenvalue weighted by Gasteiger charge is -2.29. The van der Waals surface area contributed by atoms with Gasteiger partial charge in [-0.05, 0) is 37.5 Å². The molecule has 2 aliphatic rings. The number of esters is 1. The number of hydrogen-bond acceptors (Lipinski definition) is 3. The summed E-state index contributed by atoms with van der Waals surface area (Å²) in [5.74, 6) is 0.963. The lowest BCUT2D eigenvalue weighted by Crippen LogP contribution is -2.42. The second-order valence-electron chi connectivity index (χ2n) is 6.15. The van der Waals surface area contributed by atoms with E-state index < -0.39 is 0 Å². The third-order valence-electron chi connectivity index (χ3n) is 4.35. The van der Waals surface area contributed by atoms with Gasteiger partial charge in [0.1, 0.15) is 6.10 Å². The van der Waals surface area contributed by atoms with E-state index in [1.165, 1.54) is 12.8 Å². The summed E-state index contributed by atoms with van der Waals surface area (Å²) >= 11 is 0. The highest BCUT2D eigenvalue weighted by atomic mass is 16.5. The van der Waals surface area contributed by atoms with Crippen LogP contribution in [0.3, 0.4) is 0 Å². The molecule has 98 valence electrons. The Morgan fingerprint density at radius 3 is 2.35 bits per heavy atom. The number of rotatable bonds is 4. The fraction of sp³-hybridized carbons (Fsp3) is 0.929. The molecule has 0 aromatic rings. The van der Waals surface area contributed by atoms with Crippen molar-refractivity contribution in [3.05, 3.63) is 0 Å². The van der Waals surface area contributed by atoms with Gasteiger partial charge in [-0.1, -0.05) is 20.8 Å². The minimum absolute atomic E-state index is 0.00231. The molecule has 3 heteroatoms. The van der Waals surface area contributed by atoms with E-state index in [0.29, 0.717) is 30.3 Å². The average Bonchev–Trinajstić information content (AvgIpc) is 2.57. The van der Waals surface area contributed by atoms with Crippen molar-refractivity contribution in [1.29, 1.82) is 0 Å². The van der Waals surface area contributed by atoms with E-state index in [9.17, 15) is 4.79 Å². The molecule has 1 N–H and O–H groups in total. The Kier molecular flexibility index (Phi) is 4.08. The summed E-state index contributed by atoms with van der Waals surface area (Å²) < 4.78 is 5.61. The number of hydrogen-bond donors (Lipinski definition) is 1. The van der Waals surface area contributed by atoms with Crippen LogP contribution in [0.15, 0.2) is 0 Å². The van der Waals surface area contributed by atoms with Crippen molar-refractivity contribution in [2.24, 2.45) is 11.8 Å². The minimum atomic E-state index is -0.00231. The fourth-order valence-electron chi connectivity index (χ4n) is 2.83. The van der Waals surface area contributed by atoms with Gasteiger partial charge in [0.15, 0.2) is 0 Å². The molecule has 0 aliphatic carbocycles. The molecule has 0 amide bonds. The van der Waals surface area contributed by atoms with Crippen molar-refractivity contribution < 1.29 is 9.53 Å². The first-order valence-corrected chi connectivity index (χ1v) is 7.00. The fourth-order valence-corrected chi connectivity index (χ4v) is 2.83. The SMILES string of the molecule is CC(C)C(C)CC(=O)O[C@H]1C[C@H]2CC[C@@H](C1)N2. The van der Waals surface area contributed by atoms with Gasteiger partial charge in [0, 0.05) is 18.5 Å². The van der Waals surface area contributed by atoms with Crippen molar-refractivity contribution in [3.63, 3.8) is 0 Å². The van der Waals surface area contributed by atoms with E-state index in [4.69, 9.17) is 4.74 Å². The van der Waals surface area contributed by atoms with Gasteiger partial charge < -0.3 is 10.1 Å². The van der Waals surface area contributed by atoms with E-state index in [1.54, 1.807) is 0 Å². The zero-order valence-corrected chi connectivity index (χ0v) is 11.2. The van der Waals surface area contributed by atoms with Crippen molar-refractivity contribution in [2.75, 3.05) is 0 Å². The second kappa shape index (κ2) is 5.38. The Bertz CT molecular complexity index is 265. The molecule has 2 rings (SSSR count). The molecular formula is C14H25NO2. The molecule has 2 saturated heterocycles. The zero-order chi connectivity index (χ0) is 12.4. The molecule has 2 bridgehead atoms. The molecule has 4 atom stereocenters. The van der Waals surface area contributed by atoms with Crippen LogP contribution in [-0.2, 0) is 9.53 Å². The monoisotopic (exact) mass is 239 g/mol. The Morgan fingerprint density at radius 1 is 1.24 bits per heavy atom. The van der Waals surface area contributed by atoms with Gasteiger partial charge in [-0.2, -0.15) is 0 Å². The Hall–Kier alpha value is -0.570. The van der Waals surface area contributed by atoms with Crippen molar-refractivity contribution >= 4 is 5.97 Å². The first-order chi connectivity index (χ1) is 8.04. The van der Waals surface area contributed by atoms with Crippen LogP contribution < -0.4 is 5.32 Å². The summed E-state index contributed by atoms with van der Waals surface area (Å²) in [7, 11) is 0. The molecule has 2 heterocycles. The largest absolute Gasteiger partial charge is 0.462 e. The average molecular weight is 239 g/mol. The Balaban J connectivity index is 1.75. The summed E-state index contributed by atoms with van der Waals surface area (Å²) in [4.78, 5) is 11.8. The molecule has 0 radical (unpaired) electrons. The Morgan fingerprint density at radius 2 is 1.82 bits per heavy atom. The highest BCUT2D eigenvalue weighted by molar-refractivity contribution is 5.69. The number of carbonyl (C=O) groups is 1. The lowest BCUT2D eigenvalue weighted by molar-refractivity contribution is -0.152. The summed E-state index contributed by atoms with van der Waals surface area (Å²) in [6, 6.07) is 1.18. The predicted molar refractivity (Wildman–Crippen MR) is 67.7 cm³/mol. The first kappa shape index (κ1) is 12.9. The maximum Gasteiger partial charge on any atom is 0.306 e. The lowest BCUT2D eigenvalue weighted by atomic mass is 9.95. The molecular weight excluding hydrogens is 214 g/mol. The van der Waals surface area contributed by atoms with Crippen LogP contribution in [0.2, 0.25) is 0 Å². The quantitative estimate of drug-likeness (QED) is 0.766. The van der Waals surface area contributed by atoms with E-state index >= 15 is 0 Å². The third-order valence-corrected chi connectivity index (χ3v) is 4.35. The number of carbonyl (C=O) groups excluding carboxylic acids is 1. The number of fused-ring (bicyclic) bond motifs is 2. The van der Waals surface area contributed by atoms with E-state index in [0.717, 1.165) is 12.8 Å². The van der Waals surface area contributed by atoms with Crippen LogP contribution in [0.4, 0.5) is 0 Å². The van der Waals surface area contributed by atoms with Crippen LogP contribution >= 0.6 is 0 Å². The van der Waals surface area contributed by atoms with Gasteiger partial charge >= 0.3 is 5.97 Å². The first-order valence-electron chi connectivity index (χ1n) is 7.00. The van der Waals surface area contributed by atoms with Crippen LogP contribution in [-0.4, -0.2) is 24.2 Å². The Labute approximate surface area is 104 Å². The highest BCUT2D eigenvalue weighted by Crippen LogP contribution is 2.29. The predicted octanol–water partition coefficient (Wildman–Crippen LogP) is 2.49. The normalized spacial score (nSPS) is 33.8. The standard InChI is InChI=1S/C14H25NO2/c1-9(2)10(3)6-14(16)17-13-7-11-4-5-12(8-13)15-11/h9-13,15H,4-8H2,1-3H3/t10?,11-,12+,13+. The van der Waals surface area contributed by atoms with Gasteiger partial charge in [0.05, 0.1) is 0 Å². The smallest absolute Gasteiger partial charge is 0.306 e. The molecule has 17 heavy (non-hydrogen) atoms. The highest BCUT2D eigenvalue weighted by Gasteiger charge is 2.35. The van der Waals surface area contributed by atoms with Crippen LogP contribution in [0.1, 0.15) is 52.9 Å². The molecule has 0 spiro atoms. The third kappa shape index (κ3) is 3.44. The van der Waals surface area contributed by atoms with Crippen LogP contribution in [0, 0.1) is 11.8 Å². The van der Waals surface area contributed by atoms with Crippen molar-refractivity contribution in [1.82, 2.24) is 5.32 Å². The second-order valence-corrected chi connectivity index (χ2v) is 6.15. The van der Waals surface area contributed by atoms with E-state index in [1.807, 2.05) is 0 Å². The zero-order valence-electron chi connectivity index (χ0n) is 11.2. The van der Waals surface area contributed by atoms with Crippen molar-refractivity contribution in [3.8, 4) is 0 Å². The molecule has 0 aromatic carbocycles. The molecule has 3 nitrogen and oxygen atoms in total. The maximum atomic E-state index is 11.8. The summed E-state index contributed by atoms with van der Waals surface area (Å²) in [5, 5.41) is 3.56. The summed E-state index contributed by atoms with van der Waals surface area (Å²) in [6.07, 6.45) is 5.26. The van der Waals surface area contributed by atoms with Gasteiger partial charge in [-0.3, -0.25) is 4.79 Å². The molecule has 0 saturated carbocycles. The van der Waals surface area contributed by atoms with Gasteiger partial charge in [0.25, 0.3) is 0 Å². The molecule has 0 aromatic heterocycles. The topological polar surface area (TPSA) is 38.3 Å². The number of ether oxygens (including phenoxy) is 1. The maximum absolute atomic E-state index is 11.8. The number of piperidine rings is 1. The molecule has 2 aliphatic heterocycles. The summed E-state index contributed by atoms with van der Waals surface area (Å²) in [6.45, 7) is 6.43. The van der Waals surface area contributed by atoms with E-state index in [2.05, 4.69) is 26.1 Å². The number of nitrogens with one attached hydrogen (secondary N) is 1. The van der Waals surface area contributed by atoms with Gasteiger partial charge in [0.2, 0.25) is 0 Å². The van der Waals surface area contributed by atoms with Gasteiger partial charge in [-0.25, -0.2) is 0 Å². The van der Waals surface area contributed by atoms with Gasteiger partial charge in [-0.15, -0.1) is 0 Å². The minimum Gasteiger partial charge on any atom is -0.462 e. The van der Waals surface area contributed by atoms with Crippen molar-refractivity contribution in [2.45, 2.75) is 71.1 Å². The van der Waals surface area contributed by atoms with Crippen LogP contribution in [0.5, 0.6) is 0 Å². The van der Waals surface area contributed by atoms with E-state index in [-0.39, 0.29) is 12.1 Å². The van der Waals surface area contributed by atoms with Crippen LogP contribution in [0.25, 0.3) is 0 Å². The molecule has 2 fully saturated rings.